The molecule has 1 aromatic heterocycles. The van der Waals surface area contributed by atoms with Crippen molar-refractivity contribution < 1.29 is 4.74 Å². The molecule has 1 heterocycles. The van der Waals surface area contributed by atoms with E-state index in [-0.39, 0.29) is 0 Å². The third kappa shape index (κ3) is 2.18. The number of hydrogen-bond acceptors (Lipinski definition) is 4. The van der Waals surface area contributed by atoms with Crippen LogP contribution in [0.15, 0.2) is 30.3 Å². The first-order chi connectivity index (χ1) is 8.11. The van der Waals surface area contributed by atoms with Crippen LogP contribution in [0.2, 0.25) is 0 Å². The highest BCUT2D eigenvalue weighted by Gasteiger charge is 2.10. The maximum atomic E-state index is 5.74. The fraction of sp³-hybridized carbons (Fsp3) is 0.250. The second-order valence-corrected chi connectivity index (χ2v) is 3.94. The van der Waals surface area contributed by atoms with Gasteiger partial charge >= 0.3 is 0 Å². The van der Waals surface area contributed by atoms with Crippen LogP contribution in [-0.2, 0) is 0 Å². The third-order valence-corrected chi connectivity index (χ3v) is 2.47. The highest BCUT2D eigenvalue weighted by atomic mass is 16.5. The second kappa shape index (κ2) is 4.37. The van der Waals surface area contributed by atoms with Crippen LogP contribution in [0.5, 0.6) is 5.75 Å². The number of methoxy groups -OCH3 is 1. The van der Waals surface area contributed by atoms with Gasteiger partial charge in [-0.3, -0.25) is 0 Å². The van der Waals surface area contributed by atoms with Gasteiger partial charge in [0.05, 0.1) is 12.8 Å². The Bertz CT molecular complexity index is 519. The zero-order chi connectivity index (χ0) is 12.4. The lowest BCUT2D eigenvalue weighted by Crippen LogP contribution is -2.14. The summed E-state index contributed by atoms with van der Waals surface area (Å²) in [4.78, 5) is 1.96. The van der Waals surface area contributed by atoms with Crippen molar-refractivity contribution in [1.82, 2.24) is 9.78 Å². The fourth-order valence-electron chi connectivity index (χ4n) is 1.64. The Labute approximate surface area is 100 Å². The first-order valence-corrected chi connectivity index (χ1v) is 5.29. The van der Waals surface area contributed by atoms with E-state index in [1.165, 1.54) is 0 Å². The highest BCUT2D eigenvalue weighted by molar-refractivity contribution is 5.53. The average Bonchev–Trinajstić information content (AvgIpc) is 2.72. The van der Waals surface area contributed by atoms with Crippen LogP contribution in [0, 0.1) is 0 Å². The number of nitrogen functional groups attached to an aromatic ring is 1. The van der Waals surface area contributed by atoms with Gasteiger partial charge in [0, 0.05) is 26.2 Å². The molecule has 90 valence electrons. The minimum atomic E-state index is 0.497. The summed E-state index contributed by atoms with van der Waals surface area (Å²) in [5.74, 6) is 2.22. The van der Waals surface area contributed by atoms with Gasteiger partial charge in [-0.2, -0.15) is 0 Å². The lowest BCUT2D eigenvalue weighted by atomic mass is 10.3. The molecule has 1 aromatic carbocycles. The molecule has 0 fully saturated rings. The van der Waals surface area contributed by atoms with Crippen LogP contribution in [0.25, 0.3) is 5.69 Å². The predicted molar refractivity (Wildman–Crippen MR) is 68.9 cm³/mol. The van der Waals surface area contributed by atoms with Gasteiger partial charge in [-0.15, -0.1) is 5.10 Å². The first kappa shape index (κ1) is 11.3. The zero-order valence-electron chi connectivity index (χ0n) is 10.2. The monoisotopic (exact) mass is 232 g/mol. The number of nitrogens with two attached hydrogens (primary N) is 1. The van der Waals surface area contributed by atoms with Crippen LogP contribution < -0.4 is 15.4 Å². The predicted octanol–water partition coefficient (Wildman–Crippen LogP) is 1.53. The van der Waals surface area contributed by atoms with Crippen LogP contribution in [0.3, 0.4) is 0 Å². The molecule has 0 aliphatic rings. The molecule has 0 bridgehead atoms. The average molecular weight is 232 g/mol. The SMILES string of the molecule is COc1cccc(-n2nc(N)cc2N(C)C)c1. The van der Waals surface area contributed by atoms with Gasteiger partial charge in [0.1, 0.15) is 17.4 Å². The van der Waals surface area contributed by atoms with E-state index in [4.69, 9.17) is 10.5 Å². The molecular weight excluding hydrogens is 216 g/mol. The van der Waals surface area contributed by atoms with Crippen LogP contribution >= 0.6 is 0 Å². The number of aromatic nitrogens is 2. The molecule has 0 aliphatic carbocycles. The van der Waals surface area contributed by atoms with Crippen LogP contribution in [0.1, 0.15) is 0 Å². The molecule has 0 saturated carbocycles. The van der Waals surface area contributed by atoms with Gasteiger partial charge in [-0.25, -0.2) is 4.68 Å². The van der Waals surface area contributed by atoms with Crippen molar-refractivity contribution in [2.75, 3.05) is 31.8 Å². The minimum absolute atomic E-state index is 0.497. The maximum absolute atomic E-state index is 5.74. The number of rotatable bonds is 3. The van der Waals surface area contributed by atoms with Gasteiger partial charge in [-0.05, 0) is 12.1 Å². The summed E-state index contributed by atoms with van der Waals surface area (Å²) in [6.45, 7) is 0. The molecule has 0 unspecified atom stereocenters. The highest BCUT2D eigenvalue weighted by Crippen LogP contribution is 2.23. The molecular formula is C12H16N4O. The van der Waals surface area contributed by atoms with Crippen molar-refractivity contribution >= 4 is 11.6 Å². The number of ether oxygens (including phenoxy) is 1. The van der Waals surface area contributed by atoms with Gasteiger partial charge in [-0.1, -0.05) is 6.07 Å². The van der Waals surface area contributed by atoms with Crippen LogP contribution in [0.4, 0.5) is 11.6 Å². The summed E-state index contributed by atoms with van der Waals surface area (Å²) in [7, 11) is 5.55. The maximum Gasteiger partial charge on any atom is 0.148 e. The van der Waals surface area contributed by atoms with E-state index in [9.17, 15) is 0 Å². The molecule has 2 aromatic rings. The summed E-state index contributed by atoms with van der Waals surface area (Å²) in [5.41, 5.74) is 6.66. The Morgan fingerprint density at radius 2 is 2.06 bits per heavy atom. The largest absolute Gasteiger partial charge is 0.497 e. The van der Waals surface area contributed by atoms with Gasteiger partial charge in [0.2, 0.25) is 0 Å². The first-order valence-electron chi connectivity index (χ1n) is 5.29. The molecule has 17 heavy (non-hydrogen) atoms. The standard InChI is InChI=1S/C12H16N4O/c1-15(2)12-8-11(13)14-16(12)9-5-4-6-10(7-9)17-3/h4-8H,1-3H3,(H2,13,14). The molecule has 0 amide bonds. The van der Waals surface area contributed by atoms with Crippen molar-refractivity contribution in [3.05, 3.63) is 30.3 Å². The summed E-state index contributed by atoms with van der Waals surface area (Å²) in [6.07, 6.45) is 0. The van der Waals surface area contributed by atoms with Crippen molar-refractivity contribution in [2.24, 2.45) is 0 Å². The topological polar surface area (TPSA) is 56.3 Å². The smallest absolute Gasteiger partial charge is 0.148 e. The minimum Gasteiger partial charge on any atom is -0.497 e. The number of hydrogen-bond donors (Lipinski definition) is 1. The lowest BCUT2D eigenvalue weighted by molar-refractivity contribution is 0.414. The molecule has 0 radical (unpaired) electrons. The van der Waals surface area contributed by atoms with Gasteiger partial charge in [0.15, 0.2) is 0 Å². The van der Waals surface area contributed by atoms with E-state index in [0.717, 1.165) is 17.3 Å². The normalized spacial score (nSPS) is 10.3. The van der Waals surface area contributed by atoms with Gasteiger partial charge in [0.25, 0.3) is 0 Å². The molecule has 5 heteroatoms. The third-order valence-electron chi connectivity index (χ3n) is 2.47. The Balaban J connectivity index is 2.51. The van der Waals surface area contributed by atoms with Crippen molar-refractivity contribution in [1.29, 1.82) is 0 Å². The molecule has 5 nitrogen and oxygen atoms in total. The van der Waals surface area contributed by atoms with E-state index in [2.05, 4.69) is 5.10 Å². The Kier molecular flexibility index (Phi) is 2.91. The molecule has 2 N–H and O–H groups in total. The Morgan fingerprint density at radius 1 is 1.29 bits per heavy atom. The van der Waals surface area contributed by atoms with E-state index in [1.54, 1.807) is 11.8 Å². The molecule has 2 rings (SSSR count). The molecule has 0 spiro atoms. The summed E-state index contributed by atoms with van der Waals surface area (Å²) >= 11 is 0. The Hall–Kier alpha value is -2.17. The summed E-state index contributed by atoms with van der Waals surface area (Å²) in [6, 6.07) is 9.53. The lowest BCUT2D eigenvalue weighted by Gasteiger charge is -2.14. The van der Waals surface area contributed by atoms with Crippen molar-refractivity contribution in [2.45, 2.75) is 0 Å². The molecule has 0 saturated heterocycles. The zero-order valence-corrected chi connectivity index (χ0v) is 10.2. The van der Waals surface area contributed by atoms with E-state index < -0.39 is 0 Å². The summed E-state index contributed by atoms with van der Waals surface area (Å²) in [5, 5.41) is 4.27. The van der Waals surface area contributed by atoms with E-state index >= 15 is 0 Å². The quantitative estimate of drug-likeness (QED) is 0.872. The molecule has 0 atom stereocenters. The Morgan fingerprint density at radius 3 is 2.71 bits per heavy atom. The van der Waals surface area contributed by atoms with Crippen molar-refractivity contribution in [3.8, 4) is 11.4 Å². The van der Waals surface area contributed by atoms with Crippen molar-refractivity contribution in [3.63, 3.8) is 0 Å². The summed E-state index contributed by atoms with van der Waals surface area (Å²) < 4.78 is 6.99. The fourth-order valence-corrected chi connectivity index (χ4v) is 1.64. The number of nitrogens with zero attached hydrogens (tertiary/aromatic N) is 3. The van der Waals surface area contributed by atoms with Gasteiger partial charge < -0.3 is 15.4 Å². The van der Waals surface area contributed by atoms with Crippen LogP contribution in [-0.4, -0.2) is 31.0 Å². The number of benzene rings is 1. The molecule has 0 aliphatic heterocycles. The van der Waals surface area contributed by atoms with E-state index in [1.807, 2.05) is 49.3 Å². The van der Waals surface area contributed by atoms with E-state index in [0.29, 0.717) is 5.82 Å². The number of anilines is 2. The second-order valence-electron chi connectivity index (χ2n) is 3.94.